The number of hydrogen-bond donors (Lipinski definition) is 1. The molecule has 0 saturated carbocycles. The molecular weight excluding hydrogens is 204 g/mol. The van der Waals surface area contributed by atoms with Gasteiger partial charge in [-0.05, 0) is 18.6 Å². The van der Waals surface area contributed by atoms with Crippen molar-refractivity contribution in [2.75, 3.05) is 12.8 Å². The molecule has 0 atom stereocenters. The Hall–Kier alpha value is -2.17. The third kappa shape index (κ3) is 1.93. The molecule has 0 aromatic carbocycles. The van der Waals surface area contributed by atoms with E-state index in [1.807, 2.05) is 13.0 Å². The van der Waals surface area contributed by atoms with Gasteiger partial charge in [0, 0.05) is 29.7 Å². The van der Waals surface area contributed by atoms with E-state index in [1.54, 1.807) is 18.6 Å². The van der Waals surface area contributed by atoms with Crippen LogP contribution in [0.25, 0.3) is 11.1 Å². The summed E-state index contributed by atoms with van der Waals surface area (Å²) in [5, 5.41) is 0. The number of nitrogens with two attached hydrogens (primary N) is 1. The third-order valence-electron chi connectivity index (χ3n) is 2.25. The Balaban J connectivity index is 2.42. The smallest absolute Gasteiger partial charge is 0.316 e. The van der Waals surface area contributed by atoms with Gasteiger partial charge in [0.2, 0.25) is 0 Å². The summed E-state index contributed by atoms with van der Waals surface area (Å²) < 4.78 is 4.90. The molecule has 0 aliphatic heterocycles. The summed E-state index contributed by atoms with van der Waals surface area (Å²) in [6, 6.07) is 2.17. The van der Waals surface area contributed by atoms with Crippen molar-refractivity contribution in [3.8, 4) is 17.1 Å². The van der Waals surface area contributed by atoms with Crippen LogP contribution in [0.1, 0.15) is 5.56 Å². The van der Waals surface area contributed by atoms with Crippen molar-refractivity contribution in [3.05, 3.63) is 30.2 Å². The van der Waals surface area contributed by atoms with Gasteiger partial charge < -0.3 is 10.5 Å². The molecule has 0 bridgehead atoms. The molecule has 16 heavy (non-hydrogen) atoms. The molecule has 5 heteroatoms. The van der Waals surface area contributed by atoms with Gasteiger partial charge in [-0.25, -0.2) is 15.0 Å². The fourth-order valence-corrected chi connectivity index (χ4v) is 1.44. The van der Waals surface area contributed by atoms with Crippen LogP contribution in [0, 0.1) is 6.92 Å². The normalized spacial score (nSPS) is 10.1. The number of pyridine rings is 1. The van der Waals surface area contributed by atoms with Crippen LogP contribution in [0.5, 0.6) is 6.01 Å². The Morgan fingerprint density at radius 3 is 2.38 bits per heavy atom. The van der Waals surface area contributed by atoms with Gasteiger partial charge in [0.25, 0.3) is 0 Å². The first kappa shape index (κ1) is 10.4. The standard InChI is InChI=1S/C11H12N4O/c1-7-3-10(12)13-6-9(7)8-4-14-11(16-2)15-5-8/h3-6H,1-2H3,(H2,12,13). The Labute approximate surface area is 93.3 Å². The van der Waals surface area contributed by atoms with Gasteiger partial charge >= 0.3 is 6.01 Å². The predicted molar refractivity (Wildman–Crippen MR) is 61.0 cm³/mol. The summed E-state index contributed by atoms with van der Waals surface area (Å²) in [6.45, 7) is 1.97. The number of methoxy groups -OCH3 is 1. The molecule has 0 fully saturated rings. The first-order valence-electron chi connectivity index (χ1n) is 4.79. The lowest BCUT2D eigenvalue weighted by molar-refractivity contribution is 0.380. The molecular formula is C11H12N4O. The molecule has 0 aliphatic rings. The summed E-state index contributed by atoms with van der Waals surface area (Å²) in [6.07, 6.45) is 5.12. The molecule has 2 rings (SSSR count). The van der Waals surface area contributed by atoms with E-state index in [1.165, 1.54) is 7.11 Å². The van der Waals surface area contributed by atoms with Gasteiger partial charge in [0.1, 0.15) is 5.82 Å². The van der Waals surface area contributed by atoms with Crippen molar-refractivity contribution in [1.29, 1.82) is 0 Å². The van der Waals surface area contributed by atoms with Crippen molar-refractivity contribution >= 4 is 5.82 Å². The summed E-state index contributed by atoms with van der Waals surface area (Å²) in [5.74, 6) is 0.510. The minimum Gasteiger partial charge on any atom is -0.467 e. The van der Waals surface area contributed by atoms with Crippen LogP contribution in [0.4, 0.5) is 5.82 Å². The number of anilines is 1. The fraction of sp³-hybridized carbons (Fsp3) is 0.182. The number of ether oxygens (including phenoxy) is 1. The first-order chi connectivity index (χ1) is 7.70. The molecule has 2 N–H and O–H groups in total. The maximum absolute atomic E-state index is 5.59. The maximum atomic E-state index is 5.59. The monoisotopic (exact) mass is 216 g/mol. The van der Waals surface area contributed by atoms with E-state index in [2.05, 4.69) is 15.0 Å². The van der Waals surface area contributed by atoms with Gasteiger partial charge in [-0.3, -0.25) is 0 Å². The van der Waals surface area contributed by atoms with Crippen LogP contribution >= 0.6 is 0 Å². The molecule has 0 unspecified atom stereocenters. The Bertz CT molecular complexity index is 496. The van der Waals surface area contributed by atoms with E-state index in [0.717, 1.165) is 16.7 Å². The van der Waals surface area contributed by atoms with Crippen LogP contribution in [-0.4, -0.2) is 22.1 Å². The van der Waals surface area contributed by atoms with Crippen molar-refractivity contribution < 1.29 is 4.74 Å². The zero-order valence-corrected chi connectivity index (χ0v) is 9.14. The fourth-order valence-electron chi connectivity index (χ4n) is 1.44. The summed E-state index contributed by atoms with van der Waals surface area (Å²) in [4.78, 5) is 12.1. The van der Waals surface area contributed by atoms with E-state index in [9.17, 15) is 0 Å². The zero-order valence-electron chi connectivity index (χ0n) is 9.14. The lowest BCUT2D eigenvalue weighted by Gasteiger charge is -2.05. The molecule has 2 aromatic heterocycles. The van der Waals surface area contributed by atoms with Gasteiger partial charge in [0.05, 0.1) is 7.11 Å². The van der Waals surface area contributed by atoms with Crippen LogP contribution < -0.4 is 10.5 Å². The molecule has 2 heterocycles. The molecule has 0 amide bonds. The minimum atomic E-state index is 0.352. The average molecular weight is 216 g/mol. The molecule has 82 valence electrons. The number of hydrogen-bond acceptors (Lipinski definition) is 5. The lowest BCUT2D eigenvalue weighted by atomic mass is 10.1. The van der Waals surface area contributed by atoms with Gasteiger partial charge in [-0.2, -0.15) is 0 Å². The molecule has 2 aromatic rings. The second-order valence-electron chi connectivity index (χ2n) is 3.38. The largest absolute Gasteiger partial charge is 0.467 e. The second-order valence-corrected chi connectivity index (χ2v) is 3.38. The molecule has 0 saturated heterocycles. The highest BCUT2D eigenvalue weighted by molar-refractivity contribution is 5.65. The van der Waals surface area contributed by atoms with Crippen LogP contribution in [0.15, 0.2) is 24.7 Å². The van der Waals surface area contributed by atoms with Gasteiger partial charge in [0.15, 0.2) is 0 Å². The predicted octanol–water partition coefficient (Wildman–Crippen LogP) is 1.44. The zero-order chi connectivity index (χ0) is 11.5. The minimum absolute atomic E-state index is 0.352. The second kappa shape index (κ2) is 4.14. The van der Waals surface area contributed by atoms with Crippen molar-refractivity contribution in [2.45, 2.75) is 6.92 Å². The molecule has 0 radical (unpaired) electrons. The highest BCUT2D eigenvalue weighted by atomic mass is 16.5. The average Bonchev–Trinajstić information content (AvgIpc) is 2.29. The van der Waals surface area contributed by atoms with Crippen LogP contribution in [0.2, 0.25) is 0 Å². The Morgan fingerprint density at radius 1 is 1.12 bits per heavy atom. The van der Waals surface area contributed by atoms with E-state index in [4.69, 9.17) is 10.5 Å². The van der Waals surface area contributed by atoms with E-state index < -0.39 is 0 Å². The van der Waals surface area contributed by atoms with E-state index >= 15 is 0 Å². The lowest BCUT2D eigenvalue weighted by Crippen LogP contribution is -1.95. The topological polar surface area (TPSA) is 73.9 Å². The summed E-state index contributed by atoms with van der Waals surface area (Å²) in [7, 11) is 1.53. The van der Waals surface area contributed by atoms with Gasteiger partial charge in [-0.1, -0.05) is 0 Å². The third-order valence-corrected chi connectivity index (χ3v) is 2.25. The summed E-state index contributed by atoms with van der Waals surface area (Å²) >= 11 is 0. The van der Waals surface area contributed by atoms with Crippen LogP contribution in [0.3, 0.4) is 0 Å². The van der Waals surface area contributed by atoms with Crippen LogP contribution in [-0.2, 0) is 0 Å². The quantitative estimate of drug-likeness (QED) is 0.822. The van der Waals surface area contributed by atoms with Crippen molar-refractivity contribution in [3.63, 3.8) is 0 Å². The van der Waals surface area contributed by atoms with Crippen molar-refractivity contribution in [1.82, 2.24) is 15.0 Å². The number of rotatable bonds is 2. The SMILES string of the molecule is COc1ncc(-c2cnc(N)cc2C)cn1. The summed E-state index contributed by atoms with van der Waals surface area (Å²) in [5.41, 5.74) is 8.50. The molecule has 5 nitrogen and oxygen atoms in total. The Morgan fingerprint density at radius 2 is 1.81 bits per heavy atom. The highest BCUT2D eigenvalue weighted by Crippen LogP contribution is 2.22. The highest BCUT2D eigenvalue weighted by Gasteiger charge is 2.04. The van der Waals surface area contributed by atoms with Gasteiger partial charge in [-0.15, -0.1) is 0 Å². The molecule has 0 spiro atoms. The number of aryl methyl sites for hydroxylation is 1. The number of nitrogen functional groups attached to an aromatic ring is 1. The van der Waals surface area contributed by atoms with E-state index in [0.29, 0.717) is 11.8 Å². The first-order valence-corrected chi connectivity index (χ1v) is 4.79. The Kier molecular flexibility index (Phi) is 2.68. The van der Waals surface area contributed by atoms with E-state index in [-0.39, 0.29) is 0 Å². The van der Waals surface area contributed by atoms with Crippen molar-refractivity contribution in [2.24, 2.45) is 0 Å². The maximum Gasteiger partial charge on any atom is 0.316 e. The molecule has 0 aliphatic carbocycles. The number of nitrogens with zero attached hydrogens (tertiary/aromatic N) is 3. The number of aromatic nitrogens is 3.